The molecule has 2 aromatic rings. The van der Waals surface area contributed by atoms with Crippen LogP contribution < -0.4 is 4.90 Å². The van der Waals surface area contributed by atoms with Gasteiger partial charge in [-0.15, -0.1) is 0 Å². The number of anilines is 1. The third kappa shape index (κ3) is 3.67. The summed E-state index contributed by atoms with van der Waals surface area (Å²) in [5.41, 5.74) is 0.0816. The summed E-state index contributed by atoms with van der Waals surface area (Å²) in [7, 11) is 0. The lowest BCUT2D eigenvalue weighted by atomic mass is 10.2. The molecule has 1 amide bonds. The van der Waals surface area contributed by atoms with Gasteiger partial charge in [-0.3, -0.25) is 0 Å². The van der Waals surface area contributed by atoms with Gasteiger partial charge in [0.2, 0.25) is 5.28 Å². The number of piperazine rings is 1. The van der Waals surface area contributed by atoms with E-state index in [1.807, 2.05) is 32.9 Å². The van der Waals surface area contributed by atoms with Gasteiger partial charge < -0.3 is 14.5 Å². The van der Waals surface area contributed by atoms with E-state index < -0.39 is 5.60 Å². The molecule has 1 fully saturated rings. The van der Waals surface area contributed by atoms with Crippen molar-refractivity contribution in [2.24, 2.45) is 0 Å². The number of carbonyl (C=O) groups is 1. The summed E-state index contributed by atoms with van der Waals surface area (Å²) < 4.78 is 5.42. The van der Waals surface area contributed by atoms with Crippen LogP contribution in [0.1, 0.15) is 20.8 Å². The maximum atomic E-state index is 12.2. The van der Waals surface area contributed by atoms with Crippen molar-refractivity contribution in [1.82, 2.24) is 19.9 Å². The van der Waals surface area contributed by atoms with Crippen LogP contribution in [0.15, 0.2) is 18.3 Å². The second-order valence-electron chi connectivity index (χ2n) is 6.65. The van der Waals surface area contributed by atoms with Gasteiger partial charge in [0.25, 0.3) is 0 Å². The van der Waals surface area contributed by atoms with E-state index in [1.165, 1.54) is 0 Å². The quantitative estimate of drug-likeness (QED) is 0.737. The second kappa shape index (κ2) is 6.39. The van der Waals surface area contributed by atoms with Gasteiger partial charge in [-0.25, -0.2) is 9.78 Å². The highest BCUT2D eigenvalue weighted by molar-refractivity contribution is 6.28. The fourth-order valence-corrected chi connectivity index (χ4v) is 2.75. The molecule has 0 spiro atoms. The van der Waals surface area contributed by atoms with Crippen LogP contribution in [0.4, 0.5) is 10.6 Å². The zero-order valence-corrected chi connectivity index (χ0v) is 14.7. The van der Waals surface area contributed by atoms with Crippen molar-refractivity contribution in [3.05, 3.63) is 23.6 Å². The van der Waals surface area contributed by atoms with Crippen LogP contribution in [0.25, 0.3) is 11.0 Å². The predicted molar refractivity (Wildman–Crippen MR) is 92.4 cm³/mol. The van der Waals surface area contributed by atoms with E-state index in [4.69, 9.17) is 16.3 Å². The molecule has 0 aromatic carbocycles. The highest BCUT2D eigenvalue weighted by Crippen LogP contribution is 2.25. The van der Waals surface area contributed by atoms with Crippen LogP contribution in [0.2, 0.25) is 5.28 Å². The Morgan fingerprint density at radius 2 is 1.92 bits per heavy atom. The number of aromatic nitrogens is 3. The predicted octanol–water partition coefficient (Wildman–Crippen LogP) is 2.74. The van der Waals surface area contributed by atoms with Gasteiger partial charge in [0.1, 0.15) is 11.4 Å². The summed E-state index contributed by atoms with van der Waals surface area (Å²) in [4.78, 5) is 28.7. The van der Waals surface area contributed by atoms with E-state index >= 15 is 0 Å². The van der Waals surface area contributed by atoms with E-state index in [9.17, 15) is 4.79 Å². The molecular weight excluding hydrogens is 330 g/mol. The van der Waals surface area contributed by atoms with E-state index in [0.717, 1.165) is 11.2 Å². The number of hydrogen-bond donors (Lipinski definition) is 0. The molecule has 3 rings (SSSR count). The highest BCUT2D eigenvalue weighted by Gasteiger charge is 2.27. The first kappa shape index (κ1) is 16.7. The van der Waals surface area contributed by atoms with Crippen molar-refractivity contribution < 1.29 is 9.53 Å². The Labute approximate surface area is 145 Å². The van der Waals surface area contributed by atoms with Crippen molar-refractivity contribution in [2.75, 3.05) is 31.1 Å². The number of halogens is 1. The lowest BCUT2D eigenvalue weighted by Gasteiger charge is -2.36. The standard InChI is InChI=1S/C16H20ClN5O2/c1-16(2,3)24-15(23)22-9-7-21(8-10-22)13-11-5-4-6-18-12(11)19-14(17)20-13/h4-6H,7-10H2,1-3H3. The zero-order chi connectivity index (χ0) is 17.3. The molecule has 0 bridgehead atoms. The van der Waals surface area contributed by atoms with Gasteiger partial charge in [-0.05, 0) is 44.5 Å². The topological polar surface area (TPSA) is 71.5 Å². The van der Waals surface area contributed by atoms with Crippen molar-refractivity contribution in [3.8, 4) is 0 Å². The molecule has 3 heterocycles. The molecule has 24 heavy (non-hydrogen) atoms. The number of nitrogens with zero attached hydrogens (tertiary/aromatic N) is 5. The molecule has 8 heteroatoms. The third-order valence-corrected chi connectivity index (χ3v) is 3.82. The molecule has 0 atom stereocenters. The Morgan fingerprint density at radius 1 is 1.21 bits per heavy atom. The van der Waals surface area contributed by atoms with E-state index in [1.54, 1.807) is 11.1 Å². The maximum Gasteiger partial charge on any atom is 0.410 e. The average molecular weight is 350 g/mol. The number of pyridine rings is 1. The summed E-state index contributed by atoms with van der Waals surface area (Å²) in [6, 6.07) is 3.77. The van der Waals surface area contributed by atoms with Gasteiger partial charge >= 0.3 is 6.09 Å². The molecule has 128 valence electrons. The van der Waals surface area contributed by atoms with Crippen LogP contribution in [0, 0.1) is 0 Å². The minimum atomic E-state index is -0.490. The Balaban J connectivity index is 1.75. The van der Waals surface area contributed by atoms with Crippen molar-refractivity contribution >= 4 is 34.5 Å². The van der Waals surface area contributed by atoms with Gasteiger partial charge in [0.15, 0.2) is 5.65 Å². The lowest BCUT2D eigenvalue weighted by Crippen LogP contribution is -2.50. The molecule has 0 radical (unpaired) electrons. The number of hydrogen-bond acceptors (Lipinski definition) is 6. The normalized spacial score (nSPS) is 15.7. The van der Waals surface area contributed by atoms with Crippen LogP contribution >= 0.6 is 11.6 Å². The number of carbonyl (C=O) groups excluding carboxylic acids is 1. The summed E-state index contributed by atoms with van der Waals surface area (Å²) in [5, 5.41) is 1.03. The average Bonchev–Trinajstić information content (AvgIpc) is 2.52. The molecular formula is C16H20ClN5O2. The zero-order valence-electron chi connectivity index (χ0n) is 14.0. The van der Waals surface area contributed by atoms with Crippen LogP contribution in [0.5, 0.6) is 0 Å². The fraction of sp³-hybridized carbons (Fsp3) is 0.500. The molecule has 0 N–H and O–H groups in total. The molecule has 1 aliphatic rings. The number of fused-ring (bicyclic) bond motifs is 1. The van der Waals surface area contributed by atoms with E-state index in [-0.39, 0.29) is 11.4 Å². The SMILES string of the molecule is CC(C)(C)OC(=O)N1CCN(c2nc(Cl)nc3ncccc23)CC1. The van der Waals surface area contributed by atoms with E-state index in [2.05, 4.69) is 19.9 Å². The first-order chi connectivity index (χ1) is 11.3. The second-order valence-corrected chi connectivity index (χ2v) is 6.98. The molecule has 1 aliphatic heterocycles. The Hall–Kier alpha value is -2.15. The molecule has 0 unspecified atom stereocenters. The fourth-order valence-electron chi connectivity index (χ4n) is 2.59. The van der Waals surface area contributed by atoms with Gasteiger partial charge in [-0.2, -0.15) is 9.97 Å². The summed E-state index contributed by atoms with van der Waals surface area (Å²) in [6.07, 6.45) is 1.39. The first-order valence-electron chi connectivity index (χ1n) is 7.85. The monoisotopic (exact) mass is 349 g/mol. The Kier molecular flexibility index (Phi) is 4.45. The summed E-state index contributed by atoms with van der Waals surface area (Å²) in [5.74, 6) is 0.752. The molecule has 0 saturated carbocycles. The highest BCUT2D eigenvalue weighted by atomic mass is 35.5. The number of ether oxygens (including phenoxy) is 1. The smallest absolute Gasteiger partial charge is 0.410 e. The lowest BCUT2D eigenvalue weighted by molar-refractivity contribution is 0.0240. The van der Waals surface area contributed by atoms with Crippen molar-refractivity contribution in [2.45, 2.75) is 26.4 Å². The Morgan fingerprint density at radius 3 is 2.58 bits per heavy atom. The maximum absolute atomic E-state index is 12.2. The number of rotatable bonds is 1. The number of amides is 1. The molecule has 1 saturated heterocycles. The molecule has 7 nitrogen and oxygen atoms in total. The van der Waals surface area contributed by atoms with Crippen LogP contribution in [0.3, 0.4) is 0 Å². The molecule has 0 aliphatic carbocycles. The Bertz CT molecular complexity index is 754. The largest absolute Gasteiger partial charge is 0.444 e. The van der Waals surface area contributed by atoms with Crippen molar-refractivity contribution in [1.29, 1.82) is 0 Å². The van der Waals surface area contributed by atoms with Gasteiger partial charge in [-0.1, -0.05) is 0 Å². The third-order valence-electron chi connectivity index (χ3n) is 3.65. The summed E-state index contributed by atoms with van der Waals surface area (Å²) >= 11 is 6.02. The van der Waals surface area contributed by atoms with Crippen molar-refractivity contribution in [3.63, 3.8) is 0 Å². The van der Waals surface area contributed by atoms with E-state index in [0.29, 0.717) is 31.8 Å². The van der Waals surface area contributed by atoms with Crippen LogP contribution in [-0.2, 0) is 4.74 Å². The minimum absolute atomic E-state index is 0.172. The van der Waals surface area contributed by atoms with Crippen LogP contribution in [-0.4, -0.2) is 57.7 Å². The first-order valence-corrected chi connectivity index (χ1v) is 8.22. The summed E-state index contributed by atoms with van der Waals surface area (Å²) in [6.45, 7) is 8.03. The minimum Gasteiger partial charge on any atom is -0.444 e. The van der Waals surface area contributed by atoms with Gasteiger partial charge in [0.05, 0.1) is 5.39 Å². The molecule has 2 aromatic heterocycles. The van der Waals surface area contributed by atoms with Gasteiger partial charge in [0, 0.05) is 32.4 Å².